The number of pyridine rings is 1. The van der Waals surface area contributed by atoms with Gasteiger partial charge in [0.2, 0.25) is 5.91 Å². The fourth-order valence-electron chi connectivity index (χ4n) is 2.50. The monoisotopic (exact) mass is 411 g/mol. The molecule has 2 aromatic heterocycles. The number of ether oxygens (including phenoxy) is 2. The van der Waals surface area contributed by atoms with Gasteiger partial charge in [-0.1, -0.05) is 12.1 Å². The molecule has 0 fully saturated rings. The van der Waals surface area contributed by atoms with Crippen molar-refractivity contribution >= 4 is 28.8 Å². The van der Waals surface area contributed by atoms with E-state index in [1.54, 1.807) is 56.8 Å². The van der Waals surface area contributed by atoms with Crippen LogP contribution in [0.4, 0.5) is 5.69 Å². The molecule has 7 nitrogen and oxygen atoms in total. The van der Waals surface area contributed by atoms with Crippen LogP contribution in [0.5, 0.6) is 11.5 Å². The molecule has 2 N–H and O–H groups in total. The average Bonchev–Trinajstić information content (AvgIpc) is 3.28. The number of aromatic nitrogens is 1. The van der Waals surface area contributed by atoms with Gasteiger partial charge in [-0.15, -0.1) is 11.3 Å². The summed E-state index contributed by atoms with van der Waals surface area (Å²) in [7, 11) is 1.55. The largest absolute Gasteiger partial charge is 0.493 e. The standard InChI is InChI=1S/C21H21N3O4S/c1-14(23-21(26)19-6-4-10-29-19)20(25)24-16-7-8-17(27-2)18(11-16)28-13-15-5-3-9-22-12-15/h3-12,14H,13H2,1-2H3,(H,23,26)(H,24,25). The number of anilines is 1. The molecule has 2 amide bonds. The summed E-state index contributed by atoms with van der Waals surface area (Å²) >= 11 is 1.32. The summed E-state index contributed by atoms with van der Waals surface area (Å²) < 4.78 is 11.2. The number of carbonyl (C=O) groups excluding carboxylic acids is 2. The number of hydrogen-bond acceptors (Lipinski definition) is 6. The van der Waals surface area contributed by atoms with Gasteiger partial charge in [0.15, 0.2) is 11.5 Å². The lowest BCUT2D eigenvalue weighted by atomic mass is 10.2. The molecule has 0 bridgehead atoms. The molecule has 0 spiro atoms. The Balaban J connectivity index is 1.63. The van der Waals surface area contributed by atoms with Crippen molar-refractivity contribution < 1.29 is 19.1 Å². The number of carbonyl (C=O) groups is 2. The number of benzene rings is 1. The molecule has 1 atom stereocenters. The zero-order chi connectivity index (χ0) is 20.6. The van der Waals surface area contributed by atoms with Crippen LogP contribution >= 0.6 is 11.3 Å². The summed E-state index contributed by atoms with van der Waals surface area (Å²) in [5.74, 6) is 0.423. The molecule has 0 aliphatic heterocycles. The molecule has 1 aromatic carbocycles. The lowest BCUT2D eigenvalue weighted by Gasteiger charge is -2.16. The maximum absolute atomic E-state index is 12.5. The Morgan fingerprint density at radius 1 is 1.17 bits per heavy atom. The predicted molar refractivity (Wildman–Crippen MR) is 111 cm³/mol. The highest BCUT2D eigenvalue weighted by Crippen LogP contribution is 2.31. The highest BCUT2D eigenvalue weighted by Gasteiger charge is 2.18. The van der Waals surface area contributed by atoms with Crippen molar-refractivity contribution in [3.8, 4) is 11.5 Å². The number of hydrogen-bond donors (Lipinski definition) is 2. The van der Waals surface area contributed by atoms with Gasteiger partial charge in [-0.2, -0.15) is 0 Å². The number of amides is 2. The average molecular weight is 411 g/mol. The quantitative estimate of drug-likeness (QED) is 0.592. The van der Waals surface area contributed by atoms with E-state index in [0.717, 1.165) is 5.56 Å². The Bertz CT molecular complexity index is 961. The maximum Gasteiger partial charge on any atom is 0.261 e. The summed E-state index contributed by atoms with van der Waals surface area (Å²) in [6.45, 7) is 1.94. The Labute approximate surface area is 172 Å². The Kier molecular flexibility index (Phi) is 6.80. The van der Waals surface area contributed by atoms with Crippen molar-refractivity contribution in [1.29, 1.82) is 0 Å². The fraction of sp³-hybridized carbons (Fsp3) is 0.190. The molecule has 0 saturated carbocycles. The van der Waals surface area contributed by atoms with Gasteiger partial charge in [-0.25, -0.2) is 0 Å². The molecule has 3 aromatic rings. The predicted octanol–water partition coefficient (Wildman–Crippen LogP) is 3.49. The Morgan fingerprint density at radius 2 is 2.03 bits per heavy atom. The Hall–Kier alpha value is -3.39. The molecule has 150 valence electrons. The summed E-state index contributed by atoms with van der Waals surface area (Å²) in [6, 6.07) is 11.6. The second-order valence-corrected chi connectivity index (χ2v) is 7.12. The molecular formula is C21H21N3O4S. The van der Waals surface area contributed by atoms with E-state index in [4.69, 9.17) is 9.47 Å². The first kappa shape index (κ1) is 20.3. The number of nitrogens with zero attached hydrogens (tertiary/aromatic N) is 1. The topological polar surface area (TPSA) is 89.6 Å². The van der Waals surface area contributed by atoms with Crippen molar-refractivity contribution in [1.82, 2.24) is 10.3 Å². The van der Waals surface area contributed by atoms with E-state index < -0.39 is 6.04 Å². The van der Waals surface area contributed by atoms with Gasteiger partial charge in [0.1, 0.15) is 12.6 Å². The van der Waals surface area contributed by atoms with Gasteiger partial charge >= 0.3 is 0 Å². The lowest BCUT2D eigenvalue weighted by Crippen LogP contribution is -2.41. The molecule has 0 radical (unpaired) electrons. The van der Waals surface area contributed by atoms with Gasteiger partial charge in [-0.3, -0.25) is 14.6 Å². The molecule has 29 heavy (non-hydrogen) atoms. The molecule has 3 rings (SSSR count). The second kappa shape index (κ2) is 9.70. The third-order valence-electron chi connectivity index (χ3n) is 4.03. The third kappa shape index (κ3) is 5.55. The van der Waals surface area contributed by atoms with Crippen molar-refractivity contribution in [2.75, 3.05) is 12.4 Å². The SMILES string of the molecule is COc1ccc(NC(=O)C(C)NC(=O)c2cccs2)cc1OCc1cccnc1. The van der Waals surface area contributed by atoms with Crippen LogP contribution < -0.4 is 20.1 Å². The normalized spacial score (nSPS) is 11.4. The van der Waals surface area contributed by atoms with E-state index in [0.29, 0.717) is 28.7 Å². The third-order valence-corrected chi connectivity index (χ3v) is 4.90. The first-order valence-electron chi connectivity index (χ1n) is 8.92. The molecular weight excluding hydrogens is 390 g/mol. The number of thiophene rings is 1. The lowest BCUT2D eigenvalue weighted by molar-refractivity contribution is -0.117. The van der Waals surface area contributed by atoms with Crippen LogP contribution in [0.2, 0.25) is 0 Å². The van der Waals surface area contributed by atoms with E-state index in [2.05, 4.69) is 15.6 Å². The first-order chi connectivity index (χ1) is 14.1. The molecule has 0 aliphatic rings. The molecule has 2 heterocycles. The van der Waals surface area contributed by atoms with Gasteiger partial charge in [0, 0.05) is 29.7 Å². The van der Waals surface area contributed by atoms with Crippen LogP contribution in [0.1, 0.15) is 22.2 Å². The van der Waals surface area contributed by atoms with E-state index in [9.17, 15) is 9.59 Å². The van der Waals surface area contributed by atoms with Crippen molar-refractivity contribution in [2.45, 2.75) is 19.6 Å². The van der Waals surface area contributed by atoms with Gasteiger partial charge < -0.3 is 20.1 Å². The van der Waals surface area contributed by atoms with Crippen molar-refractivity contribution in [2.24, 2.45) is 0 Å². The summed E-state index contributed by atoms with van der Waals surface area (Å²) in [5.41, 5.74) is 1.45. The van der Waals surface area contributed by atoms with Crippen LogP contribution in [0.15, 0.2) is 60.2 Å². The molecule has 0 saturated heterocycles. The molecule has 0 aliphatic carbocycles. The van der Waals surface area contributed by atoms with Gasteiger partial charge in [0.25, 0.3) is 5.91 Å². The minimum absolute atomic E-state index is 0.280. The van der Waals surface area contributed by atoms with Crippen LogP contribution in [0, 0.1) is 0 Å². The summed E-state index contributed by atoms with van der Waals surface area (Å²) in [5, 5.41) is 7.28. The number of rotatable bonds is 8. The maximum atomic E-state index is 12.5. The van der Waals surface area contributed by atoms with E-state index in [-0.39, 0.29) is 11.8 Å². The van der Waals surface area contributed by atoms with Crippen molar-refractivity contribution in [3.05, 3.63) is 70.7 Å². The molecule has 8 heteroatoms. The van der Waals surface area contributed by atoms with E-state index in [1.807, 2.05) is 17.5 Å². The minimum Gasteiger partial charge on any atom is -0.493 e. The zero-order valence-electron chi connectivity index (χ0n) is 16.0. The molecule has 1 unspecified atom stereocenters. The van der Waals surface area contributed by atoms with Crippen LogP contribution in [-0.2, 0) is 11.4 Å². The van der Waals surface area contributed by atoms with Crippen molar-refractivity contribution in [3.63, 3.8) is 0 Å². The summed E-state index contributed by atoms with van der Waals surface area (Å²) in [4.78, 5) is 29.2. The summed E-state index contributed by atoms with van der Waals surface area (Å²) in [6.07, 6.45) is 3.41. The smallest absolute Gasteiger partial charge is 0.261 e. The first-order valence-corrected chi connectivity index (χ1v) is 9.79. The van der Waals surface area contributed by atoms with E-state index >= 15 is 0 Å². The van der Waals surface area contributed by atoms with Gasteiger partial charge in [-0.05, 0) is 36.6 Å². The fourth-order valence-corrected chi connectivity index (χ4v) is 3.13. The minimum atomic E-state index is -0.702. The number of nitrogens with one attached hydrogen (secondary N) is 2. The highest BCUT2D eigenvalue weighted by molar-refractivity contribution is 7.12. The van der Waals surface area contributed by atoms with Crippen LogP contribution in [0.3, 0.4) is 0 Å². The van der Waals surface area contributed by atoms with Crippen LogP contribution in [0.25, 0.3) is 0 Å². The second-order valence-electron chi connectivity index (χ2n) is 6.18. The van der Waals surface area contributed by atoms with Gasteiger partial charge in [0.05, 0.1) is 12.0 Å². The highest BCUT2D eigenvalue weighted by atomic mass is 32.1. The van der Waals surface area contributed by atoms with Crippen LogP contribution in [-0.4, -0.2) is 29.9 Å². The van der Waals surface area contributed by atoms with E-state index in [1.165, 1.54) is 11.3 Å². The number of methoxy groups -OCH3 is 1. The Morgan fingerprint density at radius 3 is 2.72 bits per heavy atom. The zero-order valence-corrected chi connectivity index (χ0v) is 16.9.